The summed E-state index contributed by atoms with van der Waals surface area (Å²) in [5.74, 6) is -1.36. The van der Waals surface area contributed by atoms with Crippen LogP contribution in [0.2, 0.25) is 0 Å². The van der Waals surface area contributed by atoms with Gasteiger partial charge in [0.15, 0.2) is 0 Å². The first-order valence-corrected chi connectivity index (χ1v) is 14.1. The first-order valence-electron chi connectivity index (χ1n) is 12.6. The molecule has 2 amide bonds. The molecule has 202 valence electrons. The molecule has 0 saturated carbocycles. The van der Waals surface area contributed by atoms with Gasteiger partial charge in [-0.25, -0.2) is 12.8 Å². The highest BCUT2D eigenvalue weighted by molar-refractivity contribution is 7.92. The van der Waals surface area contributed by atoms with Crippen LogP contribution in [0.3, 0.4) is 0 Å². The SMILES string of the molecule is CCNC(=O)[C@@H](CC)N(CCc1ccccc1)C(=O)CN(c1ccc(F)cc1)S(=O)(=O)c1ccc(C)cc1. The molecule has 0 unspecified atom stereocenters. The third-order valence-corrected chi connectivity index (χ3v) is 8.01. The molecule has 0 aliphatic carbocycles. The Kier molecular flexibility index (Phi) is 10.0. The maximum atomic E-state index is 13.8. The van der Waals surface area contributed by atoms with Gasteiger partial charge in [-0.3, -0.25) is 13.9 Å². The van der Waals surface area contributed by atoms with Crippen molar-refractivity contribution in [3.05, 3.63) is 95.8 Å². The van der Waals surface area contributed by atoms with Crippen molar-refractivity contribution < 1.29 is 22.4 Å². The van der Waals surface area contributed by atoms with Crippen molar-refractivity contribution in [3.63, 3.8) is 0 Å². The summed E-state index contributed by atoms with van der Waals surface area (Å²) in [6.45, 7) is 5.52. The Morgan fingerprint density at radius 3 is 2.13 bits per heavy atom. The summed E-state index contributed by atoms with van der Waals surface area (Å²) in [4.78, 5) is 28.2. The summed E-state index contributed by atoms with van der Waals surface area (Å²) >= 11 is 0. The van der Waals surface area contributed by atoms with Gasteiger partial charge >= 0.3 is 0 Å². The van der Waals surface area contributed by atoms with Crippen LogP contribution in [0.15, 0.2) is 83.8 Å². The van der Waals surface area contributed by atoms with Gasteiger partial charge in [0.25, 0.3) is 10.0 Å². The molecule has 7 nitrogen and oxygen atoms in total. The number of nitrogens with one attached hydrogen (secondary N) is 1. The van der Waals surface area contributed by atoms with Crippen molar-refractivity contribution in [2.45, 2.75) is 44.6 Å². The average Bonchev–Trinajstić information content (AvgIpc) is 2.91. The Hall–Kier alpha value is -3.72. The number of hydrogen-bond donors (Lipinski definition) is 1. The summed E-state index contributed by atoms with van der Waals surface area (Å²) in [6.07, 6.45) is 0.845. The number of aryl methyl sites for hydroxylation is 1. The highest BCUT2D eigenvalue weighted by Gasteiger charge is 2.33. The molecule has 38 heavy (non-hydrogen) atoms. The number of likely N-dealkylation sites (N-methyl/N-ethyl adjacent to an activating group) is 1. The van der Waals surface area contributed by atoms with Crippen LogP contribution in [0.4, 0.5) is 10.1 Å². The minimum Gasteiger partial charge on any atom is -0.355 e. The van der Waals surface area contributed by atoms with Crippen LogP contribution in [0, 0.1) is 12.7 Å². The first-order chi connectivity index (χ1) is 18.2. The van der Waals surface area contributed by atoms with E-state index in [0.29, 0.717) is 19.4 Å². The van der Waals surface area contributed by atoms with E-state index in [1.165, 1.54) is 29.2 Å². The number of carbonyl (C=O) groups is 2. The van der Waals surface area contributed by atoms with Gasteiger partial charge < -0.3 is 10.2 Å². The molecule has 0 bridgehead atoms. The van der Waals surface area contributed by atoms with E-state index in [2.05, 4.69) is 5.32 Å². The lowest BCUT2D eigenvalue weighted by atomic mass is 10.1. The van der Waals surface area contributed by atoms with Gasteiger partial charge in [0.1, 0.15) is 18.4 Å². The van der Waals surface area contributed by atoms with E-state index in [9.17, 15) is 22.4 Å². The van der Waals surface area contributed by atoms with E-state index in [0.717, 1.165) is 27.6 Å². The minimum atomic E-state index is -4.18. The number of halogens is 1. The zero-order chi connectivity index (χ0) is 27.7. The summed E-state index contributed by atoms with van der Waals surface area (Å²) in [7, 11) is -4.18. The van der Waals surface area contributed by atoms with E-state index >= 15 is 0 Å². The lowest BCUT2D eigenvalue weighted by molar-refractivity contribution is -0.139. The summed E-state index contributed by atoms with van der Waals surface area (Å²) in [5.41, 5.74) is 2.02. The molecule has 3 rings (SSSR count). The van der Waals surface area contributed by atoms with Crippen LogP contribution in [-0.2, 0) is 26.0 Å². The van der Waals surface area contributed by atoms with Crippen LogP contribution in [0.25, 0.3) is 0 Å². The van der Waals surface area contributed by atoms with E-state index < -0.39 is 34.3 Å². The summed E-state index contributed by atoms with van der Waals surface area (Å²) in [5, 5.41) is 2.78. The highest BCUT2D eigenvalue weighted by Crippen LogP contribution is 2.25. The monoisotopic (exact) mass is 539 g/mol. The van der Waals surface area contributed by atoms with Crippen LogP contribution < -0.4 is 9.62 Å². The third kappa shape index (κ3) is 7.19. The molecule has 3 aromatic rings. The molecular formula is C29H34FN3O4S. The Bertz CT molecular complexity index is 1310. The molecule has 0 radical (unpaired) electrons. The molecule has 0 spiro atoms. The van der Waals surface area contributed by atoms with Crippen molar-refractivity contribution in [1.29, 1.82) is 0 Å². The molecule has 0 aliphatic heterocycles. The molecular weight excluding hydrogens is 505 g/mol. The number of carbonyl (C=O) groups excluding carboxylic acids is 2. The molecule has 0 aliphatic rings. The topological polar surface area (TPSA) is 86.8 Å². The second-order valence-electron chi connectivity index (χ2n) is 8.94. The standard InChI is InChI=1S/C29H34FN3O4S/c1-4-27(29(35)31-5-2)32(20-19-23-9-7-6-8-10-23)28(34)21-33(25-15-13-24(30)14-16-25)38(36,37)26-17-11-22(3)12-18-26/h6-18,27H,4-5,19-21H2,1-3H3,(H,31,35)/t27-/m1/s1. The number of hydrogen-bond acceptors (Lipinski definition) is 4. The summed E-state index contributed by atoms with van der Waals surface area (Å²) in [6, 6.07) is 20.0. The van der Waals surface area contributed by atoms with Gasteiger partial charge in [-0.2, -0.15) is 0 Å². The smallest absolute Gasteiger partial charge is 0.264 e. The second-order valence-corrected chi connectivity index (χ2v) is 10.8. The maximum Gasteiger partial charge on any atom is 0.264 e. The van der Waals surface area contributed by atoms with E-state index in [4.69, 9.17) is 0 Å². The second kappa shape index (κ2) is 13.2. The largest absolute Gasteiger partial charge is 0.355 e. The molecule has 1 atom stereocenters. The van der Waals surface area contributed by atoms with Crippen molar-refractivity contribution in [2.75, 3.05) is 23.9 Å². The summed E-state index contributed by atoms with van der Waals surface area (Å²) < 4.78 is 42.1. The Balaban J connectivity index is 1.99. The first kappa shape index (κ1) is 28.8. The predicted octanol–water partition coefficient (Wildman–Crippen LogP) is 4.32. The van der Waals surface area contributed by atoms with Crippen molar-refractivity contribution >= 4 is 27.5 Å². The van der Waals surface area contributed by atoms with Gasteiger partial charge in [-0.05, 0) is 68.7 Å². The van der Waals surface area contributed by atoms with Gasteiger partial charge in [0.2, 0.25) is 11.8 Å². The number of sulfonamides is 1. The van der Waals surface area contributed by atoms with Gasteiger partial charge in [-0.1, -0.05) is 55.0 Å². The van der Waals surface area contributed by atoms with Crippen molar-refractivity contribution in [3.8, 4) is 0 Å². The average molecular weight is 540 g/mol. The molecule has 9 heteroatoms. The zero-order valence-electron chi connectivity index (χ0n) is 21.9. The lowest BCUT2D eigenvalue weighted by Crippen LogP contribution is -2.53. The van der Waals surface area contributed by atoms with Crippen LogP contribution in [0.5, 0.6) is 0 Å². The van der Waals surface area contributed by atoms with Crippen molar-refractivity contribution in [1.82, 2.24) is 10.2 Å². The fourth-order valence-electron chi connectivity index (χ4n) is 4.16. The predicted molar refractivity (Wildman–Crippen MR) is 147 cm³/mol. The molecule has 0 heterocycles. The zero-order valence-corrected chi connectivity index (χ0v) is 22.7. The molecule has 0 saturated heterocycles. The van der Waals surface area contributed by atoms with Crippen LogP contribution in [0.1, 0.15) is 31.4 Å². The molecule has 1 N–H and O–H groups in total. The number of benzene rings is 3. The third-order valence-electron chi connectivity index (χ3n) is 6.22. The van der Waals surface area contributed by atoms with Crippen molar-refractivity contribution in [2.24, 2.45) is 0 Å². The fraction of sp³-hybridized carbons (Fsp3) is 0.310. The maximum absolute atomic E-state index is 13.8. The highest BCUT2D eigenvalue weighted by atomic mass is 32.2. The minimum absolute atomic E-state index is 0.00632. The number of rotatable bonds is 12. The van der Waals surface area contributed by atoms with E-state index in [-0.39, 0.29) is 23.0 Å². The number of anilines is 1. The number of amides is 2. The van der Waals surface area contributed by atoms with Crippen LogP contribution in [-0.4, -0.2) is 50.8 Å². The fourth-order valence-corrected chi connectivity index (χ4v) is 5.58. The Morgan fingerprint density at radius 1 is 0.921 bits per heavy atom. The molecule has 3 aromatic carbocycles. The Morgan fingerprint density at radius 2 is 1.55 bits per heavy atom. The quantitative estimate of drug-likeness (QED) is 0.372. The molecule has 0 aromatic heterocycles. The van der Waals surface area contributed by atoms with Gasteiger partial charge in [0, 0.05) is 13.1 Å². The molecule has 0 fully saturated rings. The number of nitrogens with zero attached hydrogens (tertiary/aromatic N) is 2. The van der Waals surface area contributed by atoms with Crippen LogP contribution >= 0.6 is 0 Å². The van der Waals surface area contributed by atoms with Gasteiger partial charge in [-0.15, -0.1) is 0 Å². The van der Waals surface area contributed by atoms with E-state index in [1.807, 2.05) is 44.2 Å². The van der Waals surface area contributed by atoms with Gasteiger partial charge in [0.05, 0.1) is 10.6 Å². The van der Waals surface area contributed by atoms with E-state index in [1.54, 1.807) is 19.1 Å². The Labute approximate surface area is 224 Å². The lowest BCUT2D eigenvalue weighted by Gasteiger charge is -2.33. The normalized spacial score (nSPS) is 12.0.